The van der Waals surface area contributed by atoms with E-state index in [9.17, 15) is 9.59 Å². The zero-order chi connectivity index (χ0) is 15.8. The molecule has 0 fully saturated rings. The van der Waals surface area contributed by atoms with Gasteiger partial charge in [-0.25, -0.2) is 15.2 Å². The minimum Gasteiger partial charge on any atom is -0.337 e. The summed E-state index contributed by atoms with van der Waals surface area (Å²) in [6, 6.07) is 7.44. The van der Waals surface area contributed by atoms with E-state index >= 15 is 0 Å². The minimum absolute atomic E-state index is 0.203. The number of benzene rings is 1. The molecule has 2 aromatic rings. The molecule has 1 aromatic heterocycles. The molecule has 0 saturated heterocycles. The van der Waals surface area contributed by atoms with E-state index in [1.54, 1.807) is 11.3 Å². The van der Waals surface area contributed by atoms with Crippen LogP contribution in [0.5, 0.6) is 0 Å². The Morgan fingerprint density at radius 1 is 1.27 bits per heavy atom. The van der Waals surface area contributed by atoms with Crippen LogP contribution in [0.2, 0.25) is 0 Å². The number of thioether (sulfide) groups is 1. The summed E-state index contributed by atoms with van der Waals surface area (Å²) in [4.78, 5) is 27.5. The molecule has 22 heavy (non-hydrogen) atoms. The molecular weight excluding hydrogens is 320 g/mol. The van der Waals surface area contributed by atoms with Gasteiger partial charge < -0.3 is 5.32 Å². The fourth-order valence-electron chi connectivity index (χ4n) is 1.63. The van der Waals surface area contributed by atoms with Crippen molar-refractivity contribution in [3.8, 4) is 0 Å². The predicted molar refractivity (Wildman–Crippen MR) is 89.9 cm³/mol. The first-order valence-electron chi connectivity index (χ1n) is 7.00. The summed E-state index contributed by atoms with van der Waals surface area (Å²) in [5.74, 6) is -0.0652. The maximum atomic E-state index is 11.7. The second-order valence-electron chi connectivity index (χ2n) is 4.52. The quantitative estimate of drug-likeness (QED) is 0.429. The van der Waals surface area contributed by atoms with Crippen LogP contribution in [0, 0.1) is 0 Å². The summed E-state index contributed by atoms with van der Waals surface area (Å²) in [7, 11) is 0. The van der Waals surface area contributed by atoms with E-state index in [1.165, 1.54) is 11.8 Å². The molecule has 0 unspecified atom stereocenters. The van der Waals surface area contributed by atoms with Crippen LogP contribution in [0.15, 0.2) is 28.6 Å². The van der Waals surface area contributed by atoms with Crippen LogP contribution < -0.4 is 16.2 Å². The highest BCUT2D eigenvalue weighted by molar-refractivity contribution is 8.01. The van der Waals surface area contributed by atoms with Crippen molar-refractivity contribution in [3.63, 3.8) is 0 Å². The molecular formula is C14H18N4O2S2. The van der Waals surface area contributed by atoms with Gasteiger partial charge in [0, 0.05) is 6.54 Å². The summed E-state index contributed by atoms with van der Waals surface area (Å²) in [5, 5.41) is 2.65. The normalized spacial score (nSPS) is 10.4. The first kappa shape index (κ1) is 16.6. The Morgan fingerprint density at radius 2 is 2.09 bits per heavy atom. The number of amides is 3. The van der Waals surface area contributed by atoms with Gasteiger partial charge in [0.2, 0.25) is 5.91 Å². The van der Waals surface area contributed by atoms with Gasteiger partial charge in [-0.3, -0.25) is 10.2 Å². The number of carbonyl (C=O) groups excluding carboxylic acids is 2. The van der Waals surface area contributed by atoms with E-state index in [-0.39, 0.29) is 11.7 Å². The van der Waals surface area contributed by atoms with Crippen LogP contribution in [-0.4, -0.2) is 29.2 Å². The number of aromatic nitrogens is 1. The Labute approximate surface area is 137 Å². The van der Waals surface area contributed by atoms with Gasteiger partial charge in [0.05, 0.1) is 16.0 Å². The third-order valence-corrected chi connectivity index (χ3v) is 4.91. The molecule has 0 aliphatic rings. The number of hydrogen-bond acceptors (Lipinski definition) is 5. The number of nitrogens with zero attached hydrogens (tertiary/aromatic N) is 1. The largest absolute Gasteiger partial charge is 0.337 e. The SMILES string of the molecule is CCCCNC(=O)NNC(=O)CSc1nc2ccccc2s1. The number of urea groups is 1. The van der Waals surface area contributed by atoms with Gasteiger partial charge in [0.25, 0.3) is 0 Å². The summed E-state index contributed by atoms with van der Waals surface area (Å²) in [5.41, 5.74) is 5.63. The predicted octanol–water partition coefficient (Wildman–Crippen LogP) is 2.52. The van der Waals surface area contributed by atoms with Crippen molar-refractivity contribution in [2.75, 3.05) is 12.3 Å². The van der Waals surface area contributed by atoms with Gasteiger partial charge in [-0.2, -0.15) is 0 Å². The Kier molecular flexibility index (Phi) is 6.47. The lowest BCUT2D eigenvalue weighted by Gasteiger charge is -2.07. The fraction of sp³-hybridized carbons (Fsp3) is 0.357. The number of hydrogen-bond donors (Lipinski definition) is 3. The van der Waals surface area contributed by atoms with Crippen molar-refractivity contribution in [1.29, 1.82) is 0 Å². The molecule has 1 aromatic carbocycles. The van der Waals surface area contributed by atoms with E-state index in [0.717, 1.165) is 27.4 Å². The van der Waals surface area contributed by atoms with Gasteiger partial charge in [-0.05, 0) is 18.6 Å². The highest BCUT2D eigenvalue weighted by Crippen LogP contribution is 2.28. The monoisotopic (exact) mass is 338 g/mol. The van der Waals surface area contributed by atoms with E-state index in [0.29, 0.717) is 6.54 Å². The summed E-state index contributed by atoms with van der Waals surface area (Å²) >= 11 is 2.90. The van der Waals surface area contributed by atoms with Gasteiger partial charge in [0.1, 0.15) is 0 Å². The number of rotatable bonds is 6. The number of nitrogens with one attached hydrogen (secondary N) is 3. The average Bonchev–Trinajstić information content (AvgIpc) is 2.94. The second kappa shape index (κ2) is 8.60. The fourth-order valence-corrected chi connectivity index (χ4v) is 3.49. The molecule has 1 heterocycles. The number of para-hydroxylation sites is 1. The Bertz CT molecular complexity index is 612. The zero-order valence-electron chi connectivity index (χ0n) is 12.2. The van der Waals surface area contributed by atoms with E-state index < -0.39 is 6.03 Å². The Hall–Kier alpha value is -1.80. The van der Waals surface area contributed by atoms with Crippen LogP contribution in [0.4, 0.5) is 4.79 Å². The summed E-state index contributed by atoms with van der Waals surface area (Å²) < 4.78 is 1.93. The molecule has 0 bridgehead atoms. The number of hydrazine groups is 1. The number of thiazole rings is 1. The Morgan fingerprint density at radius 3 is 2.86 bits per heavy atom. The maximum Gasteiger partial charge on any atom is 0.333 e. The first-order valence-corrected chi connectivity index (χ1v) is 8.80. The molecule has 3 N–H and O–H groups in total. The Balaban J connectivity index is 1.70. The molecule has 0 radical (unpaired) electrons. The molecule has 0 atom stereocenters. The van der Waals surface area contributed by atoms with Crippen LogP contribution in [0.3, 0.4) is 0 Å². The summed E-state index contributed by atoms with van der Waals surface area (Å²) in [6.07, 6.45) is 1.92. The molecule has 6 nitrogen and oxygen atoms in total. The molecule has 2 rings (SSSR count). The molecule has 3 amide bonds. The van der Waals surface area contributed by atoms with Crippen molar-refractivity contribution in [2.24, 2.45) is 0 Å². The molecule has 118 valence electrons. The maximum absolute atomic E-state index is 11.7. The van der Waals surface area contributed by atoms with Crippen LogP contribution in [0.1, 0.15) is 19.8 Å². The topological polar surface area (TPSA) is 83.1 Å². The van der Waals surface area contributed by atoms with Crippen molar-refractivity contribution >= 4 is 45.3 Å². The lowest BCUT2D eigenvalue weighted by molar-refractivity contribution is -0.119. The van der Waals surface area contributed by atoms with Gasteiger partial charge in [0.15, 0.2) is 4.34 Å². The van der Waals surface area contributed by atoms with Gasteiger partial charge in [-0.1, -0.05) is 37.2 Å². The third-order valence-electron chi connectivity index (χ3n) is 2.73. The number of unbranched alkanes of at least 4 members (excludes halogenated alkanes) is 1. The van der Waals surface area contributed by atoms with E-state index in [4.69, 9.17) is 0 Å². The van der Waals surface area contributed by atoms with Crippen molar-refractivity contribution in [1.82, 2.24) is 21.2 Å². The number of fused-ring (bicyclic) bond motifs is 1. The van der Waals surface area contributed by atoms with Crippen LogP contribution in [-0.2, 0) is 4.79 Å². The highest BCUT2D eigenvalue weighted by Gasteiger charge is 2.08. The summed E-state index contributed by atoms with van der Waals surface area (Å²) in [6.45, 7) is 2.64. The highest BCUT2D eigenvalue weighted by atomic mass is 32.2. The second-order valence-corrected chi connectivity index (χ2v) is 6.77. The van der Waals surface area contributed by atoms with Crippen molar-refractivity contribution in [2.45, 2.75) is 24.1 Å². The lowest BCUT2D eigenvalue weighted by atomic mass is 10.3. The standard InChI is InChI=1S/C14H18N4O2S2/c1-2-3-8-15-13(20)18-17-12(19)9-21-14-16-10-6-4-5-7-11(10)22-14/h4-7H,2-3,8-9H2,1H3,(H,17,19)(H2,15,18,20). The zero-order valence-corrected chi connectivity index (χ0v) is 13.9. The van der Waals surface area contributed by atoms with Crippen molar-refractivity contribution < 1.29 is 9.59 Å². The van der Waals surface area contributed by atoms with Crippen LogP contribution in [0.25, 0.3) is 10.2 Å². The van der Waals surface area contributed by atoms with Gasteiger partial charge in [-0.15, -0.1) is 11.3 Å². The average molecular weight is 338 g/mol. The lowest BCUT2D eigenvalue weighted by Crippen LogP contribution is -2.47. The van der Waals surface area contributed by atoms with Crippen molar-refractivity contribution in [3.05, 3.63) is 24.3 Å². The van der Waals surface area contributed by atoms with Crippen LogP contribution >= 0.6 is 23.1 Å². The number of carbonyl (C=O) groups is 2. The molecule has 0 aliphatic carbocycles. The van der Waals surface area contributed by atoms with E-state index in [2.05, 4.69) is 21.2 Å². The van der Waals surface area contributed by atoms with Gasteiger partial charge >= 0.3 is 6.03 Å². The molecule has 0 spiro atoms. The smallest absolute Gasteiger partial charge is 0.333 e. The molecule has 0 aliphatic heterocycles. The molecule has 0 saturated carbocycles. The minimum atomic E-state index is -0.396. The van der Waals surface area contributed by atoms with E-state index in [1.807, 2.05) is 31.2 Å². The third kappa shape index (κ3) is 5.19. The first-order chi connectivity index (χ1) is 10.7. The molecule has 8 heteroatoms.